The maximum Gasteiger partial charge on any atom is 0.0278 e. The van der Waals surface area contributed by atoms with E-state index in [4.69, 9.17) is 0 Å². The molecule has 2 fully saturated rings. The summed E-state index contributed by atoms with van der Waals surface area (Å²) in [6.45, 7) is 17.9. The highest BCUT2D eigenvalue weighted by Crippen LogP contribution is 2.18. The van der Waals surface area contributed by atoms with Gasteiger partial charge in [-0.3, -0.25) is 4.90 Å². The second-order valence-corrected chi connectivity index (χ2v) is 7.89. The molecular formula is C17H36N4. The van der Waals surface area contributed by atoms with Crippen LogP contribution in [0.2, 0.25) is 0 Å². The average molecular weight is 297 g/mol. The van der Waals surface area contributed by atoms with E-state index in [0.717, 1.165) is 6.54 Å². The lowest BCUT2D eigenvalue weighted by atomic mass is 9.98. The molecule has 2 aliphatic heterocycles. The van der Waals surface area contributed by atoms with Gasteiger partial charge in [0.1, 0.15) is 0 Å². The van der Waals surface area contributed by atoms with Crippen molar-refractivity contribution in [3.8, 4) is 0 Å². The molecule has 0 amide bonds. The maximum absolute atomic E-state index is 3.85. The van der Waals surface area contributed by atoms with E-state index in [1.54, 1.807) is 0 Å². The SMILES string of the molecule is CC(C)N1CCC(NCC(C)(C)N2CCN(C)CC2)CC1. The third-order valence-corrected chi connectivity index (χ3v) is 5.44. The second kappa shape index (κ2) is 7.40. The molecule has 0 saturated carbocycles. The van der Waals surface area contributed by atoms with E-state index in [1.165, 1.54) is 52.1 Å². The molecule has 2 saturated heterocycles. The zero-order valence-electron chi connectivity index (χ0n) is 14.9. The van der Waals surface area contributed by atoms with E-state index in [1.807, 2.05) is 0 Å². The van der Waals surface area contributed by atoms with Gasteiger partial charge >= 0.3 is 0 Å². The number of likely N-dealkylation sites (tertiary alicyclic amines) is 1. The molecule has 2 aliphatic rings. The van der Waals surface area contributed by atoms with Gasteiger partial charge in [-0.05, 0) is 60.7 Å². The minimum absolute atomic E-state index is 0.274. The van der Waals surface area contributed by atoms with Crippen molar-refractivity contribution in [2.24, 2.45) is 0 Å². The Morgan fingerprint density at radius 1 is 1.00 bits per heavy atom. The predicted octanol–water partition coefficient (Wildman–Crippen LogP) is 1.47. The third-order valence-electron chi connectivity index (χ3n) is 5.44. The van der Waals surface area contributed by atoms with Gasteiger partial charge in [0, 0.05) is 50.3 Å². The van der Waals surface area contributed by atoms with Gasteiger partial charge in [0.05, 0.1) is 0 Å². The molecule has 0 atom stereocenters. The molecule has 21 heavy (non-hydrogen) atoms. The molecule has 2 rings (SSSR count). The summed E-state index contributed by atoms with van der Waals surface area (Å²) in [7, 11) is 2.23. The highest BCUT2D eigenvalue weighted by atomic mass is 15.3. The van der Waals surface area contributed by atoms with Crippen molar-refractivity contribution in [2.75, 3.05) is 52.9 Å². The summed E-state index contributed by atoms with van der Waals surface area (Å²) in [4.78, 5) is 7.69. The molecule has 4 nitrogen and oxygen atoms in total. The van der Waals surface area contributed by atoms with Gasteiger partial charge in [-0.25, -0.2) is 0 Å². The van der Waals surface area contributed by atoms with Gasteiger partial charge in [-0.1, -0.05) is 0 Å². The Bertz CT molecular complexity index is 300. The van der Waals surface area contributed by atoms with Crippen LogP contribution >= 0.6 is 0 Å². The van der Waals surface area contributed by atoms with Crippen LogP contribution in [0, 0.1) is 0 Å². The largest absolute Gasteiger partial charge is 0.312 e. The minimum Gasteiger partial charge on any atom is -0.312 e. The molecule has 0 aliphatic carbocycles. The molecular weight excluding hydrogens is 260 g/mol. The van der Waals surface area contributed by atoms with Crippen molar-refractivity contribution in [2.45, 2.75) is 58.2 Å². The first-order valence-corrected chi connectivity index (χ1v) is 8.79. The molecule has 0 aromatic rings. The highest BCUT2D eigenvalue weighted by molar-refractivity contribution is 4.89. The van der Waals surface area contributed by atoms with Gasteiger partial charge in [0.15, 0.2) is 0 Å². The first-order chi connectivity index (χ1) is 9.88. The third kappa shape index (κ3) is 4.92. The van der Waals surface area contributed by atoms with E-state index in [2.05, 4.69) is 54.8 Å². The van der Waals surface area contributed by atoms with Crippen LogP contribution in [-0.4, -0.2) is 85.2 Å². The number of rotatable bonds is 5. The van der Waals surface area contributed by atoms with Crippen LogP contribution in [0.5, 0.6) is 0 Å². The van der Waals surface area contributed by atoms with Crippen molar-refractivity contribution >= 4 is 0 Å². The highest BCUT2D eigenvalue weighted by Gasteiger charge is 2.30. The number of piperazine rings is 1. The van der Waals surface area contributed by atoms with Crippen molar-refractivity contribution in [1.82, 2.24) is 20.0 Å². The molecule has 124 valence electrons. The number of nitrogens with zero attached hydrogens (tertiary/aromatic N) is 3. The van der Waals surface area contributed by atoms with Crippen LogP contribution in [-0.2, 0) is 0 Å². The second-order valence-electron chi connectivity index (χ2n) is 7.89. The quantitative estimate of drug-likeness (QED) is 0.829. The minimum atomic E-state index is 0.274. The fraction of sp³-hybridized carbons (Fsp3) is 1.00. The van der Waals surface area contributed by atoms with E-state index in [9.17, 15) is 0 Å². The van der Waals surface area contributed by atoms with Gasteiger partial charge in [-0.2, -0.15) is 0 Å². The molecule has 0 aromatic carbocycles. The first-order valence-electron chi connectivity index (χ1n) is 8.79. The van der Waals surface area contributed by atoms with E-state index >= 15 is 0 Å². The van der Waals surface area contributed by atoms with Gasteiger partial charge < -0.3 is 15.1 Å². The maximum atomic E-state index is 3.85. The van der Waals surface area contributed by atoms with Crippen molar-refractivity contribution < 1.29 is 0 Å². The average Bonchev–Trinajstić information content (AvgIpc) is 2.46. The van der Waals surface area contributed by atoms with Crippen molar-refractivity contribution in [3.05, 3.63) is 0 Å². The smallest absolute Gasteiger partial charge is 0.0278 e. The Morgan fingerprint density at radius 3 is 2.10 bits per heavy atom. The molecule has 0 spiro atoms. The monoisotopic (exact) mass is 296 g/mol. The Labute approximate surface area is 131 Å². The van der Waals surface area contributed by atoms with Gasteiger partial charge in [0.2, 0.25) is 0 Å². The summed E-state index contributed by atoms with van der Waals surface area (Å²) in [5.74, 6) is 0. The predicted molar refractivity (Wildman–Crippen MR) is 90.9 cm³/mol. The Balaban J connectivity index is 1.72. The normalized spacial score (nSPS) is 24.9. The Morgan fingerprint density at radius 2 is 1.57 bits per heavy atom. The summed E-state index contributed by atoms with van der Waals surface area (Å²) >= 11 is 0. The summed E-state index contributed by atoms with van der Waals surface area (Å²) in [5.41, 5.74) is 0.274. The van der Waals surface area contributed by atoms with Crippen LogP contribution in [0.1, 0.15) is 40.5 Å². The lowest BCUT2D eigenvalue weighted by molar-refractivity contribution is 0.0571. The van der Waals surface area contributed by atoms with Crippen LogP contribution in [0.3, 0.4) is 0 Å². The summed E-state index contributed by atoms with van der Waals surface area (Å²) in [5, 5.41) is 3.85. The molecule has 4 heteroatoms. The Kier molecular flexibility index (Phi) is 6.06. The molecule has 0 aromatic heterocycles. The van der Waals surface area contributed by atoms with Crippen molar-refractivity contribution in [3.63, 3.8) is 0 Å². The van der Waals surface area contributed by atoms with Crippen LogP contribution in [0.25, 0.3) is 0 Å². The summed E-state index contributed by atoms with van der Waals surface area (Å²) in [6.07, 6.45) is 2.61. The topological polar surface area (TPSA) is 21.8 Å². The van der Waals surface area contributed by atoms with Crippen molar-refractivity contribution in [1.29, 1.82) is 0 Å². The fourth-order valence-electron chi connectivity index (χ4n) is 3.54. The standard InChI is InChI=1S/C17H36N4/c1-15(2)20-8-6-16(7-9-20)18-14-17(3,4)21-12-10-19(5)11-13-21/h15-16,18H,6-14H2,1-5H3. The van der Waals surface area contributed by atoms with Crippen LogP contribution < -0.4 is 5.32 Å². The zero-order chi connectivity index (χ0) is 15.5. The summed E-state index contributed by atoms with van der Waals surface area (Å²) < 4.78 is 0. The lowest BCUT2D eigenvalue weighted by Crippen LogP contribution is -2.58. The molecule has 1 N–H and O–H groups in total. The number of hydrogen-bond acceptors (Lipinski definition) is 4. The van der Waals surface area contributed by atoms with E-state index < -0.39 is 0 Å². The molecule has 0 unspecified atom stereocenters. The fourth-order valence-corrected chi connectivity index (χ4v) is 3.54. The van der Waals surface area contributed by atoms with E-state index in [-0.39, 0.29) is 5.54 Å². The van der Waals surface area contributed by atoms with Crippen LogP contribution in [0.4, 0.5) is 0 Å². The van der Waals surface area contributed by atoms with Gasteiger partial charge in [-0.15, -0.1) is 0 Å². The number of hydrogen-bond donors (Lipinski definition) is 1. The zero-order valence-corrected chi connectivity index (χ0v) is 14.9. The Hall–Kier alpha value is -0.160. The first kappa shape index (κ1) is 17.2. The number of likely N-dealkylation sites (N-methyl/N-ethyl adjacent to an activating group) is 1. The summed E-state index contributed by atoms with van der Waals surface area (Å²) in [6, 6.07) is 1.42. The lowest BCUT2D eigenvalue weighted by Gasteiger charge is -2.44. The number of piperidine rings is 1. The van der Waals surface area contributed by atoms with E-state index in [0.29, 0.717) is 12.1 Å². The molecule has 0 radical (unpaired) electrons. The molecule has 0 bridgehead atoms. The number of nitrogens with one attached hydrogen (secondary N) is 1. The molecule has 2 heterocycles. The van der Waals surface area contributed by atoms with Gasteiger partial charge in [0.25, 0.3) is 0 Å². The van der Waals surface area contributed by atoms with Crippen LogP contribution in [0.15, 0.2) is 0 Å².